The van der Waals surface area contributed by atoms with Gasteiger partial charge < -0.3 is 11.1 Å². The number of nitrogens with one attached hydrogen (secondary N) is 1. The molecule has 0 aliphatic heterocycles. The largest absolute Gasteiger partial charge is 0.356 e. The van der Waals surface area contributed by atoms with Crippen molar-refractivity contribution in [2.24, 2.45) is 35.3 Å². The van der Waals surface area contributed by atoms with Gasteiger partial charge in [-0.1, -0.05) is 41.0 Å². The highest BCUT2D eigenvalue weighted by Crippen LogP contribution is 2.29. The van der Waals surface area contributed by atoms with Gasteiger partial charge in [0.1, 0.15) is 0 Å². The lowest BCUT2D eigenvalue weighted by molar-refractivity contribution is -0.128. The van der Waals surface area contributed by atoms with Crippen LogP contribution >= 0.6 is 0 Å². The van der Waals surface area contributed by atoms with Crippen LogP contribution in [0.2, 0.25) is 0 Å². The number of hydrogen-bond donors (Lipinski definition) is 2. The van der Waals surface area contributed by atoms with Gasteiger partial charge in [-0.3, -0.25) is 4.79 Å². The molecular formula is C16H32N2O. The van der Waals surface area contributed by atoms with Crippen molar-refractivity contribution >= 4 is 5.91 Å². The second-order valence-electron chi connectivity index (χ2n) is 6.99. The first kappa shape index (κ1) is 16.5. The van der Waals surface area contributed by atoms with Crippen LogP contribution < -0.4 is 11.1 Å². The van der Waals surface area contributed by atoms with E-state index in [0.717, 1.165) is 25.8 Å². The van der Waals surface area contributed by atoms with Gasteiger partial charge in [-0.25, -0.2) is 0 Å². The van der Waals surface area contributed by atoms with E-state index in [4.69, 9.17) is 5.73 Å². The van der Waals surface area contributed by atoms with E-state index in [-0.39, 0.29) is 17.9 Å². The second kappa shape index (κ2) is 7.28. The molecule has 1 rings (SSSR count). The van der Waals surface area contributed by atoms with Crippen LogP contribution in [0.5, 0.6) is 0 Å². The molecule has 0 bridgehead atoms. The highest BCUT2D eigenvalue weighted by Gasteiger charge is 2.34. The Morgan fingerprint density at radius 1 is 1.21 bits per heavy atom. The molecular weight excluding hydrogens is 236 g/mol. The minimum Gasteiger partial charge on any atom is -0.356 e. The third kappa shape index (κ3) is 4.48. The molecule has 0 aromatic heterocycles. The average molecular weight is 268 g/mol. The molecule has 0 aromatic rings. The third-order valence-electron chi connectivity index (χ3n) is 4.80. The zero-order chi connectivity index (χ0) is 14.6. The van der Waals surface area contributed by atoms with E-state index in [1.165, 1.54) is 0 Å². The van der Waals surface area contributed by atoms with Crippen LogP contribution in [0.3, 0.4) is 0 Å². The molecule has 3 unspecified atom stereocenters. The zero-order valence-electron chi connectivity index (χ0n) is 13.3. The van der Waals surface area contributed by atoms with Crippen LogP contribution in [-0.4, -0.2) is 18.5 Å². The Hall–Kier alpha value is -0.570. The molecule has 0 aromatic carbocycles. The first-order valence-electron chi connectivity index (χ1n) is 7.87. The van der Waals surface area contributed by atoms with Crippen molar-refractivity contribution in [3.05, 3.63) is 0 Å². The highest BCUT2D eigenvalue weighted by molar-refractivity contribution is 5.79. The average Bonchev–Trinajstić information content (AvgIpc) is 2.27. The van der Waals surface area contributed by atoms with Gasteiger partial charge in [0.25, 0.3) is 0 Å². The molecule has 3 nitrogen and oxygen atoms in total. The third-order valence-corrected chi connectivity index (χ3v) is 4.80. The predicted molar refractivity (Wildman–Crippen MR) is 80.7 cm³/mol. The van der Waals surface area contributed by atoms with Crippen molar-refractivity contribution < 1.29 is 4.79 Å². The Balaban J connectivity index is 2.54. The Labute approximate surface area is 118 Å². The molecule has 0 heterocycles. The van der Waals surface area contributed by atoms with E-state index in [9.17, 15) is 4.79 Å². The van der Waals surface area contributed by atoms with E-state index < -0.39 is 0 Å². The Bertz CT molecular complexity index is 270. The summed E-state index contributed by atoms with van der Waals surface area (Å²) >= 11 is 0. The van der Waals surface area contributed by atoms with Crippen LogP contribution in [0.15, 0.2) is 0 Å². The topological polar surface area (TPSA) is 55.1 Å². The van der Waals surface area contributed by atoms with Gasteiger partial charge in [0.2, 0.25) is 5.91 Å². The highest BCUT2D eigenvalue weighted by atomic mass is 16.1. The normalized spacial score (nSPS) is 28.2. The summed E-state index contributed by atoms with van der Waals surface area (Å²) in [5.74, 6) is 2.33. The second-order valence-corrected chi connectivity index (χ2v) is 6.99. The summed E-state index contributed by atoms with van der Waals surface area (Å²) in [4.78, 5) is 12.4. The zero-order valence-corrected chi connectivity index (χ0v) is 13.3. The molecule has 3 atom stereocenters. The summed E-state index contributed by atoms with van der Waals surface area (Å²) in [5.41, 5.74) is 6.14. The van der Waals surface area contributed by atoms with Gasteiger partial charge in [-0.05, 0) is 36.5 Å². The number of nitrogens with two attached hydrogens (primary N) is 1. The number of carbonyl (C=O) groups excluding carboxylic acids is 1. The fourth-order valence-electron chi connectivity index (χ4n) is 3.49. The lowest BCUT2D eigenvalue weighted by Gasteiger charge is -2.34. The molecule has 19 heavy (non-hydrogen) atoms. The maximum absolute atomic E-state index is 12.4. The van der Waals surface area contributed by atoms with Gasteiger partial charge in [-0.15, -0.1) is 0 Å². The van der Waals surface area contributed by atoms with Crippen LogP contribution in [-0.2, 0) is 4.79 Å². The van der Waals surface area contributed by atoms with Crippen molar-refractivity contribution in [1.82, 2.24) is 5.32 Å². The van der Waals surface area contributed by atoms with Crippen LogP contribution in [0, 0.1) is 29.6 Å². The van der Waals surface area contributed by atoms with Gasteiger partial charge in [-0.2, -0.15) is 0 Å². The van der Waals surface area contributed by atoms with Gasteiger partial charge in [0.15, 0.2) is 0 Å². The smallest absolute Gasteiger partial charge is 0.224 e. The SMILES string of the molecule is CC(C)C(CNC(=O)C1C(C)CCCC1N)C(C)C. The number of amides is 1. The lowest BCUT2D eigenvalue weighted by atomic mass is 9.76. The fraction of sp³-hybridized carbons (Fsp3) is 0.938. The molecule has 0 saturated heterocycles. The fourth-order valence-corrected chi connectivity index (χ4v) is 3.49. The van der Waals surface area contributed by atoms with Crippen molar-refractivity contribution in [2.75, 3.05) is 6.54 Å². The maximum Gasteiger partial charge on any atom is 0.224 e. The van der Waals surface area contributed by atoms with Gasteiger partial charge in [0.05, 0.1) is 5.92 Å². The van der Waals surface area contributed by atoms with E-state index in [1.807, 2.05) is 0 Å². The molecule has 1 aliphatic rings. The molecule has 112 valence electrons. The van der Waals surface area contributed by atoms with Gasteiger partial charge in [0, 0.05) is 12.6 Å². The van der Waals surface area contributed by atoms with Gasteiger partial charge >= 0.3 is 0 Å². The van der Waals surface area contributed by atoms with Crippen LogP contribution in [0.25, 0.3) is 0 Å². The molecule has 3 N–H and O–H groups in total. The summed E-state index contributed by atoms with van der Waals surface area (Å²) in [6.07, 6.45) is 3.27. The summed E-state index contributed by atoms with van der Waals surface area (Å²) in [7, 11) is 0. The predicted octanol–water partition coefficient (Wildman–Crippen LogP) is 2.79. The lowest BCUT2D eigenvalue weighted by Crippen LogP contribution is -2.48. The van der Waals surface area contributed by atoms with Crippen LogP contribution in [0.1, 0.15) is 53.9 Å². The van der Waals surface area contributed by atoms with E-state index >= 15 is 0 Å². The number of carbonyl (C=O) groups is 1. The Kier molecular flexibility index (Phi) is 6.31. The number of hydrogen-bond acceptors (Lipinski definition) is 2. The molecule has 1 aliphatic carbocycles. The molecule has 0 radical (unpaired) electrons. The molecule has 0 spiro atoms. The molecule has 1 saturated carbocycles. The summed E-state index contributed by atoms with van der Waals surface area (Å²) in [6, 6.07) is 0.0419. The Morgan fingerprint density at radius 2 is 1.79 bits per heavy atom. The minimum atomic E-state index is 0.00808. The molecule has 3 heteroatoms. The first-order chi connectivity index (χ1) is 8.84. The van der Waals surface area contributed by atoms with E-state index in [2.05, 4.69) is 39.9 Å². The summed E-state index contributed by atoms with van der Waals surface area (Å²) < 4.78 is 0. The van der Waals surface area contributed by atoms with Crippen molar-refractivity contribution in [2.45, 2.75) is 59.9 Å². The first-order valence-corrected chi connectivity index (χ1v) is 7.87. The summed E-state index contributed by atoms with van der Waals surface area (Å²) in [6.45, 7) is 11.9. The Morgan fingerprint density at radius 3 is 2.26 bits per heavy atom. The monoisotopic (exact) mass is 268 g/mol. The number of rotatable bonds is 5. The standard InChI is InChI=1S/C16H32N2O/c1-10(2)13(11(3)4)9-18-16(19)15-12(5)7-6-8-14(15)17/h10-15H,6-9,17H2,1-5H3,(H,18,19). The van der Waals surface area contributed by atoms with Crippen molar-refractivity contribution in [3.63, 3.8) is 0 Å². The van der Waals surface area contributed by atoms with Crippen LogP contribution in [0.4, 0.5) is 0 Å². The summed E-state index contributed by atoms with van der Waals surface area (Å²) in [5, 5.41) is 3.16. The van der Waals surface area contributed by atoms with E-state index in [0.29, 0.717) is 23.7 Å². The van der Waals surface area contributed by atoms with Crippen molar-refractivity contribution in [1.29, 1.82) is 0 Å². The quantitative estimate of drug-likeness (QED) is 0.805. The van der Waals surface area contributed by atoms with Crippen molar-refractivity contribution in [3.8, 4) is 0 Å². The molecule has 1 fully saturated rings. The van der Waals surface area contributed by atoms with E-state index in [1.54, 1.807) is 0 Å². The maximum atomic E-state index is 12.4. The molecule has 1 amide bonds. The minimum absolute atomic E-state index is 0.00808.